The van der Waals surface area contributed by atoms with Crippen molar-refractivity contribution < 1.29 is 5.11 Å². The number of hydrogen-bond acceptors (Lipinski definition) is 2. The number of aromatic nitrogens is 1. The molecule has 1 heterocycles. The largest absolute Gasteiger partial charge is 0.386 e. The van der Waals surface area contributed by atoms with Gasteiger partial charge in [-0.3, -0.25) is 4.98 Å². The van der Waals surface area contributed by atoms with Gasteiger partial charge < -0.3 is 5.11 Å². The molecular weight excluding hydrogens is 218 g/mol. The summed E-state index contributed by atoms with van der Waals surface area (Å²) in [6.45, 7) is 3.55. The number of hydrogen-bond donors (Lipinski definition) is 1. The van der Waals surface area contributed by atoms with E-state index in [-0.39, 0.29) is 0 Å². The first-order valence-corrected chi connectivity index (χ1v) is 4.43. The van der Waals surface area contributed by atoms with Crippen molar-refractivity contribution in [1.82, 2.24) is 4.98 Å². The van der Waals surface area contributed by atoms with E-state index in [4.69, 9.17) is 0 Å². The third-order valence-electron chi connectivity index (χ3n) is 1.47. The minimum atomic E-state index is -0.542. The Balaban J connectivity index is 2.80. The third kappa shape index (κ3) is 2.43. The average Bonchev–Trinajstić information content (AvgIpc) is 2.05. The monoisotopic (exact) mass is 227 g/mol. The van der Waals surface area contributed by atoms with Gasteiger partial charge in [-0.15, -0.1) is 6.58 Å². The van der Waals surface area contributed by atoms with Crippen LogP contribution < -0.4 is 0 Å². The minimum absolute atomic E-state index is 0.531. The van der Waals surface area contributed by atoms with E-state index >= 15 is 0 Å². The first-order valence-electron chi connectivity index (χ1n) is 3.64. The molecule has 64 valence electrons. The third-order valence-corrected chi connectivity index (χ3v) is 1.97. The summed E-state index contributed by atoms with van der Waals surface area (Å²) < 4.78 is 0.926. The van der Waals surface area contributed by atoms with Gasteiger partial charge in [-0.2, -0.15) is 0 Å². The van der Waals surface area contributed by atoms with Gasteiger partial charge in [0.25, 0.3) is 0 Å². The zero-order chi connectivity index (χ0) is 8.97. The van der Waals surface area contributed by atoms with Gasteiger partial charge in [0.15, 0.2) is 0 Å². The van der Waals surface area contributed by atoms with E-state index in [1.807, 2.05) is 6.07 Å². The van der Waals surface area contributed by atoms with Gasteiger partial charge in [-0.1, -0.05) is 22.0 Å². The first-order chi connectivity index (χ1) is 5.74. The summed E-state index contributed by atoms with van der Waals surface area (Å²) in [5, 5.41) is 9.49. The molecule has 2 nitrogen and oxygen atoms in total. The van der Waals surface area contributed by atoms with E-state index < -0.39 is 6.10 Å². The number of aliphatic hydroxyl groups is 1. The molecule has 0 aliphatic rings. The van der Waals surface area contributed by atoms with Crippen LogP contribution in [0.4, 0.5) is 0 Å². The maximum absolute atomic E-state index is 9.49. The molecule has 3 heteroatoms. The molecule has 1 rings (SSSR count). The second-order valence-corrected chi connectivity index (χ2v) is 3.35. The lowest BCUT2D eigenvalue weighted by atomic mass is 10.2. The van der Waals surface area contributed by atoms with Crippen molar-refractivity contribution in [3.63, 3.8) is 0 Å². The van der Waals surface area contributed by atoms with Gasteiger partial charge in [-0.25, -0.2) is 0 Å². The van der Waals surface area contributed by atoms with E-state index in [9.17, 15) is 5.11 Å². The highest BCUT2D eigenvalue weighted by atomic mass is 79.9. The molecule has 0 aliphatic heterocycles. The second-order valence-electron chi connectivity index (χ2n) is 2.44. The van der Waals surface area contributed by atoms with Crippen LogP contribution in [0.5, 0.6) is 0 Å². The molecule has 0 fully saturated rings. The average molecular weight is 228 g/mol. The van der Waals surface area contributed by atoms with Crippen molar-refractivity contribution in [2.45, 2.75) is 12.5 Å². The normalized spacial score (nSPS) is 12.5. The van der Waals surface area contributed by atoms with Gasteiger partial charge in [0.2, 0.25) is 0 Å². The van der Waals surface area contributed by atoms with Crippen LogP contribution >= 0.6 is 15.9 Å². The van der Waals surface area contributed by atoms with Crippen molar-refractivity contribution in [3.8, 4) is 0 Å². The quantitative estimate of drug-likeness (QED) is 0.806. The molecule has 1 N–H and O–H groups in total. The Morgan fingerprint density at radius 3 is 3.08 bits per heavy atom. The predicted octanol–water partition coefficient (Wildman–Crippen LogP) is 2.45. The Morgan fingerprint density at radius 2 is 2.50 bits per heavy atom. The molecule has 0 aromatic carbocycles. The van der Waals surface area contributed by atoms with Crippen LogP contribution in [0.1, 0.15) is 18.2 Å². The summed E-state index contributed by atoms with van der Waals surface area (Å²) in [6.07, 6.45) is 3.32. The minimum Gasteiger partial charge on any atom is -0.386 e. The van der Waals surface area contributed by atoms with E-state index in [1.54, 1.807) is 18.3 Å². The highest BCUT2D eigenvalue weighted by Crippen LogP contribution is 2.17. The highest BCUT2D eigenvalue weighted by molar-refractivity contribution is 9.10. The maximum atomic E-state index is 9.49. The Labute approximate surface area is 80.1 Å². The fraction of sp³-hybridized carbons (Fsp3) is 0.222. The van der Waals surface area contributed by atoms with Gasteiger partial charge in [0.1, 0.15) is 0 Å². The molecule has 0 amide bonds. The first kappa shape index (κ1) is 9.42. The highest BCUT2D eigenvalue weighted by Gasteiger charge is 2.06. The van der Waals surface area contributed by atoms with Gasteiger partial charge >= 0.3 is 0 Å². The van der Waals surface area contributed by atoms with Crippen molar-refractivity contribution in [3.05, 3.63) is 41.2 Å². The summed E-state index contributed by atoms with van der Waals surface area (Å²) in [5.41, 5.74) is 0.671. The fourth-order valence-corrected chi connectivity index (χ4v) is 1.23. The van der Waals surface area contributed by atoms with Crippen LogP contribution in [0.15, 0.2) is 35.5 Å². The standard InChI is InChI=1S/C9H10BrNO/c1-2-3-9(12)8-6-7(10)4-5-11-8/h2,4-6,9,12H,1,3H2. The van der Waals surface area contributed by atoms with Crippen LogP contribution in [0.3, 0.4) is 0 Å². The second kappa shape index (κ2) is 4.38. The van der Waals surface area contributed by atoms with Crippen molar-refractivity contribution >= 4 is 15.9 Å². The SMILES string of the molecule is C=CCC(O)c1cc(Br)ccn1. The Morgan fingerprint density at radius 1 is 1.75 bits per heavy atom. The zero-order valence-corrected chi connectivity index (χ0v) is 8.16. The predicted molar refractivity (Wildman–Crippen MR) is 51.7 cm³/mol. The molecule has 1 unspecified atom stereocenters. The molecule has 0 bridgehead atoms. The van der Waals surface area contributed by atoms with Crippen LogP contribution in [0, 0.1) is 0 Å². The molecule has 0 saturated carbocycles. The summed E-state index contributed by atoms with van der Waals surface area (Å²) >= 11 is 3.30. The lowest BCUT2D eigenvalue weighted by Crippen LogP contribution is -1.98. The fourth-order valence-electron chi connectivity index (χ4n) is 0.882. The lowest BCUT2D eigenvalue weighted by Gasteiger charge is -2.06. The molecule has 0 spiro atoms. The van der Waals surface area contributed by atoms with Crippen LogP contribution in [0.2, 0.25) is 0 Å². The summed E-state index contributed by atoms with van der Waals surface area (Å²) in [5.74, 6) is 0. The molecule has 1 atom stereocenters. The molecule has 1 aromatic heterocycles. The van der Waals surface area contributed by atoms with Crippen molar-refractivity contribution in [2.24, 2.45) is 0 Å². The summed E-state index contributed by atoms with van der Waals surface area (Å²) in [4.78, 5) is 4.03. The Bertz CT molecular complexity index is 275. The Hall–Kier alpha value is -0.670. The van der Waals surface area contributed by atoms with E-state index in [2.05, 4.69) is 27.5 Å². The number of pyridine rings is 1. The number of nitrogens with zero attached hydrogens (tertiary/aromatic N) is 1. The summed E-state index contributed by atoms with van der Waals surface area (Å²) in [6, 6.07) is 3.62. The Kier molecular flexibility index (Phi) is 3.44. The molecule has 0 saturated heterocycles. The van der Waals surface area contributed by atoms with Gasteiger partial charge in [0, 0.05) is 10.7 Å². The molecule has 1 aromatic rings. The van der Waals surface area contributed by atoms with Crippen LogP contribution in [-0.4, -0.2) is 10.1 Å². The maximum Gasteiger partial charge on any atom is 0.0994 e. The van der Waals surface area contributed by atoms with Crippen molar-refractivity contribution in [1.29, 1.82) is 0 Å². The summed E-state index contributed by atoms with van der Waals surface area (Å²) in [7, 11) is 0. The lowest BCUT2D eigenvalue weighted by molar-refractivity contribution is 0.176. The molecule has 12 heavy (non-hydrogen) atoms. The number of aliphatic hydroxyl groups excluding tert-OH is 1. The van der Waals surface area contributed by atoms with Gasteiger partial charge in [-0.05, 0) is 18.6 Å². The van der Waals surface area contributed by atoms with Crippen LogP contribution in [-0.2, 0) is 0 Å². The van der Waals surface area contributed by atoms with Crippen molar-refractivity contribution in [2.75, 3.05) is 0 Å². The topological polar surface area (TPSA) is 33.1 Å². The van der Waals surface area contributed by atoms with Crippen LogP contribution in [0.25, 0.3) is 0 Å². The number of rotatable bonds is 3. The van der Waals surface area contributed by atoms with E-state index in [0.717, 1.165) is 4.47 Å². The van der Waals surface area contributed by atoms with E-state index in [0.29, 0.717) is 12.1 Å². The van der Waals surface area contributed by atoms with E-state index in [1.165, 1.54) is 0 Å². The smallest absolute Gasteiger partial charge is 0.0994 e. The molecule has 0 aliphatic carbocycles. The molecular formula is C9H10BrNO. The zero-order valence-electron chi connectivity index (χ0n) is 6.57. The molecule has 0 radical (unpaired) electrons. The van der Waals surface area contributed by atoms with Gasteiger partial charge in [0.05, 0.1) is 11.8 Å². The number of halogens is 1.